The number of ether oxygens (including phenoxy) is 2. The molecule has 1 aromatic heterocycles. The van der Waals surface area contributed by atoms with Crippen molar-refractivity contribution in [2.75, 3.05) is 13.2 Å². The summed E-state index contributed by atoms with van der Waals surface area (Å²) in [4.78, 5) is 0. The molecular weight excluding hydrogens is 308 g/mol. The van der Waals surface area contributed by atoms with Crippen molar-refractivity contribution in [3.8, 4) is 5.75 Å². The summed E-state index contributed by atoms with van der Waals surface area (Å²) in [7, 11) is 0. The zero-order chi connectivity index (χ0) is 13.2. The zero-order valence-corrected chi connectivity index (χ0v) is 12.5. The number of halogens is 1. The normalized spacial score (nSPS) is 19.8. The molecule has 0 amide bonds. The minimum absolute atomic E-state index is 0.0791. The van der Waals surface area contributed by atoms with E-state index in [0.29, 0.717) is 6.61 Å². The first kappa shape index (κ1) is 12.9. The second-order valence-electron chi connectivity index (χ2n) is 4.70. The van der Waals surface area contributed by atoms with Crippen molar-refractivity contribution in [1.29, 1.82) is 0 Å². The molecule has 0 aliphatic carbocycles. The van der Waals surface area contributed by atoms with E-state index in [1.165, 1.54) is 6.42 Å². The van der Waals surface area contributed by atoms with Crippen molar-refractivity contribution >= 4 is 26.8 Å². The van der Waals surface area contributed by atoms with E-state index < -0.39 is 0 Å². The van der Waals surface area contributed by atoms with Gasteiger partial charge in [-0.25, -0.2) is 4.68 Å². The summed E-state index contributed by atoms with van der Waals surface area (Å²) in [5.74, 6) is 0.838. The largest absolute Gasteiger partial charge is 0.493 e. The minimum atomic E-state index is 0.0791. The summed E-state index contributed by atoms with van der Waals surface area (Å²) in [5, 5.41) is 5.71. The van der Waals surface area contributed by atoms with Gasteiger partial charge in [0.1, 0.15) is 12.0 Å². The van der Waals surface area contributed by atoms with E-state index in [4.69, 9.17) is 9.47 Å². The van der Waals surface area contributed by atoms with Crippen LogP contribution < -0.4 is 4.74 Å². The smallest absolute Gasteiger partial charge is 0.150 e. The second kappa shape index (κ2) is 5.51. The van der Waals surface area contributed by atoms with E-state index in [0.717, 1.165) is 40.6 Å². The molecule has 1 saturated heterocycles. The summed E-state index contributed by atoms with van der Waals surface area (Å²) in [6.45, 7) is 3.45. The van der Waals surface area contributed by atoms with Crippen molar-refractivity contribution in [3.63, 3.8) is 0 Å². The molecule has 0 radical (unpaired) electrons. The maximum atomic E-state index is 5.76. The van der Waals surface area contributed by atoms with Gasteiger partial charge in [-0.2, -0.15) is 5.10 Å². The quantitative estimate of drug-likeness (QED) is 0.859. The predicted molar refractivity (Wildman–Crippen MR) is 77.4 cm³/mol. The Labute approximate surface area is 120 Å². The van der Waals surface area contributed by atoms with Crippen LogP contribution in [0.5, 0.6) is 5.75 Å². The highest BCUT2D eigenvalue weighted by atomic mass is 79.9. The first-order chi connectivity index (χ1) is 9.28. The maximum Gasteiger partial charge on any atom is 0.150 e. The van der Waals surface area contributed by atoms with Crippen LogP contribution in [0.3, 0.4) is 0 Å². The van der Waals surface area contributed by atoms with E-state index in [2.05, 4.69) is 21.0 Å². The Morgan fingerprint density at radius 2 is 2.37 bits per heavy atom. The van der Waals surface area contributed by atoms with Crippen LogP contribution in [0.4, 0.5) is 0 Å². The molecule has 102 valence electrons. The fraction of sp³-hybridized carbons (Fsp3) is 0.500. The monoisotopic (exact) mass is 324 g/mol. The second-order valence-corrected chi connectivity index (χ2v) is 5.56. The first-order valence-electron chi connectivity index (χ1n) is 6.70. The number of fused-ring (bicyclic) bond motifs is 1. The summed E-state index contributed by atoms with van der Waals surface area (Å²) in [6.07, 6.45) is 5.52. The Balaban J connectivity index is 1.95. The molecule has 1 aliphatic heterocycles. The van der Waals surface area contributed by atoms with E-state index in [1.54, 1.807) is 0 Å². The van der Waals surface area contributed by atoms with Gasteiger partial charge in [0.05, 0.1) is 16.6 Å². The molecular formula is C14H17BrN2O2. The van der Waals surface area contributed by atoms with Crippen LogP contribution in [0.2, 0.25) is 0 Å². The van der Waals surface area contributed by atoms with E-state index in [1.807, 2.05) is 29.9 Å². The lowest BCUT2D eigenvalue weighted by molar-refractivity contribution is -0.0390. The predicted octanol–water partition coefficient (Wildman–Crippen LogP) is 3.90. The Morgan fingerprint density at radius 3 is 3.11 bits per heavy atom. The lowest BCUT2D eigenvalue weighted by atomic mass is 10.2. The van der Waals surface area contributed by atoms with E-state index in [-0.39, 0.29) is 6.23 Å². The average molecular weight is 325 g/mol. The lowest BCUT2D eigenvalue weighted by Gasteiger charge is -2.22. The van der Waals surface area contributed by atoms with Crippen LogP contribution >= 0.6 is 15.9 Å². The minimum Gasteiger partial charge on any atom is -0.493 e. The SMILES string of the molecule is CCOc1cc2nn(C3CCCCO3)cc2cc1Br. The van der Waals surface area contributed by atoms with Crippen molar-refractivity contribution < 1.29 is 9.47 Å². The molecule has 2 heterocycles. The van der Waals surface area contributed by atoms with Crippen LogP contribution in [0.15, 0.2) is 22.8 Å². The van der Waals surface area contributed by atoms with Gasteiger partial charge in [-0.1, -0.05) is 0 Å². The summed E-state index contributed by atoms with van der Waals surface area (Å²) >= 11 is 3.53. The summed E-state index contributed by atoms with van der Waals surface area (Å²) < 4.78 is 14.2. The molecule has 1 fully saturated rings. The standard InChI is InChI=1S/C14H17BrN2O2/c1-2-18-13-8-12-10(7-11(13)15)9-17(16-12)14-5-3-4-6-19-14/h7-9,14H,2-6H2,1H3. The molecule has 2 aromatic rings. The van der Waals surface area contributed by atoms with Gasteiger partial charge in [-0.05, 0) is 48.2 Å². The molecule has 0 bridgehead atoms. The maximum absolute atomic E-state index is 5.76. The molecule has 1 atom stereocenters. The Morgan fingerprint density at radius 1 is 1.47 bits per heavy atom. The van der Waals surface area contributed by atoms with Gasteiger partial charge >= 0.3 is 0 Å². The van der Waals surface area contributed by atoms with E-state index in [9.17, 15) is 0 Å². The van der Waals surface area contributed by atoms with Crippen LogP contribution in [-0.2, 0) is 4.74 Å². The third-order valence-corrected chi connectivity index (χ3v) is 3.95. The Hall–Kier alpha value is -1.07. The molecule has 1 aromatic carbocycles. The molecule has 1 unspecified atom stereocenters. The number of hydrogen-bond donors (Lipinski definition) is 0. The van der Waals surface area contributed by atoms with E-state index >= 15 is 0 Å². The molecule has 5 heteroatoms. The number of rotatable bonds is 3. The van der Waals surface area contributed by atoms with Crippen molar-refractivity contribution in [1.82, 2.24) is 9.78 Å². The number of benzene rings is 1. The lowest BCUT2D eigenvalue weighted by Crippen LogP contribution is -2.18. The van der Waals surface area contributed by atoms with Gasteiger partial charge in [0.15, 0.2) is 0 Å². The molecule has 0 N–H and O–H groups in total. The summed E-state index contributed by atoms with van der Waals surface area (Å²) in [6, 6.07) is 4.02. The Kier molecular flexibility index (Phi) is 3.75. The van der Waals surface area contributed by atoms with Crippen LogP contribution in [0, 0.1) is 0 Å². The third kappa shape index (κ3) is 2.62. The van der Waals surface area contributed by atoms with Crippen molar-refractivity contribution in [2.24, 2.45) is 0 Å². The topological polar surface area (TPSA) is 36.3 Å². The van der Waals surface area contributed by atoms with Gasteiger partial charge in [-0.3, -0.25) is 0 Å². The molecule has 4 nitrogen and oxygen atoms in total. The first-order valence-corrected chi connectivity index (χ1v) is 7.50. The average Bonchev–Trinajstić information content (AvgIpc) is 2.83. The summed E-state index contributed by atoms with van der Waals surface area (Å²) in [5.41, 5.74) is 0.945. The fourth-order valence-electron chi connectivity index (χ4n) is 2.39. The van der Waals surface area contributed by atoms with Crippen molar-refractivity contribution in [2.45, 2.75) is 32.4 Å². The fourth-order valence-corrected chi connectivity index (χ4v) is 2.87. The molecule has 0 saturated carbocycles. The zero-order valence-electron chi connectivity index (χ0n) is 10.9. The molecule has 1 aliphatic rings. The molecule has 3 rings (SSSR count). The van der Waals surface area contributed by atoms with Gasteiger partial charge in [-0.15, -0.1) is 0 Å². The van der Waals surface area contributed by atoms with Crippen LogP contribution in [-0.4, -0.2) is 23.0 Å². The molecule has 0 spiro atoms. The van der Waals surface area contributed by atoms with Gasteiger partial charge in [0.25, 0.3) is 0 Å². The third-order valence-electron chi connectivity index (χ3n) is 3.33. The van der Waals surface area contributed by atoms with Gasteiger partial charge < -0.3 is 9.47 Å². The van der Waals surface area contributed by atoms with Crippen LogP contribution in [0.1, 0.15) is 32.4 Å². The number of hydrogen-bond acceptors (Lipinski definition) is 3. The molecule has 19 heavy (non-hydrogen) atoms. The van der Waals surface area contributed by atoms with Gasteiger partial charge in [0, 0.05) is 24.3 Å². The number of nitrogens with zero attached hydrogens (tertiary/aromatic N) is 2. The van der Waals surface area contributed by atoms with Crippen molar-refractivity contribution in [3.05, 3.63) is 22.8 Å². The highest BCUT2D eigenvalue weighted by Crippen LogP contribution is 2.31. The van der Waals surface area contributed by atoms with Gasteiger partial charge in [0.2, 0.25) is 0 Å². The van der Waals surface area contributed by atoms with Crippen LogP contribution in [0.25, 0.3) is 10.9 Å². The Bertz CT molecular complexity index is 576. The highest BCUT2D eigenvalue weighted by molar-refractivity contribution is 9.10. The highest BCUT2D eigenvalue weighted by Gasteiger charge is 2.17. The number of aromatic nitrogens is 2.